The quantitative estimate of drug-likeness (QED) is 0.281. The maximum atomic E-state index is 11.1. The normalized spacial score (nSPS) is 28.7. The van der Waals surface area contributed by atoms with Crippen molar-refractivity contribution in [2.45, 2.75) is 72.6 Å². The van der Waals surface area contributed by atoms with Crippen LogP contribution in [0, 0.1) is 29.1 Å². The van der Waals surface area contributed by atoms with E-state index in [4.69, 9.17) is 0 Å². The van der Waals surface area contributed by atoms with Crippen LogP contribution >= 0.6 is 0 Å². The molecule has 0 aromatic rings. The number of allylic oxidation sites excluding steroid dienone is 3. The molecule has 0 aromatic carbocycles. The number of hydrogen-bond donors (Lipinski definition) is 0. The van der Waals surface area contributed by atoms with Crippen molar-refractivity contribution in [3.63, 3.8) is 0 Å². The smallest absolute Gasteiger partial charge is 0.120 e. The fourth-order valence-electron chi connectivity index (χ4n) is 3.95. The van der Waals surface area contributed by atoms with Gasteiger partial charge in [-0.3, -0.25) is 0 Å². The van der Waals surface area contributed by atoms with Crippen LogP contribution in [-0.4, -0.2) is 6.29 Å². The van der Waals surface area contributed by atoms with Crippen LogP contribution in [0.5, 0.6) is 0 Å². The van der Waals surface area contributed by atoms with Crippen LogP contribution in [0.25, 0.3) is 0 Å². The standard InChI is InChI=1S/C21H36O/c1-6-7-8-12-21(5,14-15-22)13-11-19-16-18(4)9-10-20(19)17(2)3/h6,11,13,15,17-20H,1,7-10,12,14,16H2,2-5H3/b13-11+/t18-,19?,20+,21-/m1/s1. The molecule has 0 radical (unpaired) electrons. The van der Waals surface area contributed by atoms with Crippen molar-refractivity contribution >= 4 is 6.29 Å². The number of aldehydes is 1. The summed E-state index contributed by atoms with van der Waals surface area (Å²) in [7, 11) is 0. The van der Waals surface area contributed by atoms with E-state index in [-0.39, 0.29) is 5.41 Å². The zero-order chi connectivity index (χ0) is 16.6. The van der Waals surface area contributed by atoms with Crippen LogP contribution in [0.15, 0.2) is 24.8 Å². The van der Waals surface area contributed by atoms with Crippen molar-refractivity contribution in [3.05, 3.63) is 24.8 Å². The average Bonchev–Trinajstić information content (AvgIpc) is 2.45. The van der Waals surface area contributed by atoms with Crippen LogP contribution in [0.4, 0.5) is 0 Å². The Labute approximate surface area is 138 Å². The molecule has 1 unspecified atom stereocenters. The van der Waals surface area contributed by atoms with Crippen LogP contribution in [0.1, 0.15) is 72.6 Å². The molecule has 0 bridgehead atoms. The van der Waals surface area contributed by atoms with Gasteiger partial charge >= 0.3 is 0 Å². The molecule has 0 amide bonds. The van der Waals surface area contributed by atoms with Gasteiger partial charge in [0, 0.05) is 6.42 Å². The van der Waals surface area contributed by atoms with E-state index >= 15 is 0 Å². The molecule has 126 valence electrons. The van der Waals surface area contributed by atoms with Crippen molar-refractivity contribution < 1.29 is 4.79 Å². The molecule has 0 aliphatic heterocycles. The van der Waals surface area contributed by atoms with Gasteiger partial charge in [-0.05, 0) is 61.2 Å². The molecule has 0 spiro atoms. The van der Waals surface area contributed by atoms with Gasteiger partial charge in [0.2, 0.25) is 0 Å². The Bertz CT molecular complexity index is 368. The highest BCUT2D eigenvalue weighted by Crippen LogP contribution is 2.40. The molecule has 4 atom stereocenters. The zero-order valence-electron chi connectivity index (χ0n) is 15.2. The Morgan fingerprint density at radius 3 is 2.64 bits per heavy atom. The summed E-state index contributed by atoms with van der Waals surface area (Å²) in [6.07, 6.45) is 15.8. The van der Waals surface area contributed by atoms with Crippen LogP contribution in [0.2, 0.25) is 0 Å². The SMILES string of the molecule is C=CCCC[C@](C)(/C=C/C1C[C@H](C)CC[C@H]1C(C)C)CC=O. The molecule has 1 aliphatic carbocycles. The fraction of sp³-hybridized carbons (Fsp3) is 0.762. The molecule has 0 N–H and O–H groups in total. The largest absolute Gasteiger partial charge is 0.303 e. The summed E-state index contributed by atoms with van der Waals surface area (Å²) in [5.41, 5.74) is 0.0208. The lowest BCUT2D eigenvalue weighted by atomic mass is 9.69. The van der Waals surface area contributed by atoms with Gasteiger partial charge in [0.25, 0.3) is 0 Å². The molecule has 1 nitrogen and oxygen atoms in total. The molecule has 0 heterocycles. The number of hydrogen-bond acceptors (Lipinski definition) is 1. The van der Waals surface area contributed by atoms with Gasteiger partial charge in [-0.25, -0.2) is 0 Å². The highest BCUT2D eigenvalue weighted by Gasteiger charge is 2.30. The summed E-state index contributed by atoms with van der Waals surface area (Å²) in [4.78, 5) is 11.1. The maximum Gasteiger partial charge on any atom is 0.120 e. The highest BCUT2D eigenvalue weighted by atomic mass is 16.1. The minimum Gasteiger partial charge on any atom is -0.303 e. The van der Waals surface area contributed by atoms with Crippen molar-refractivity contribution in [2.24, 2.45) is 29.1 Å². The van der Waals surface area contributed by atoms with E-state index in [0.717, 1.165) is 43.3 Å². The first-order valence-corrected chi connectivity index (χ1v) is 9.15. The van der Waals surface area contributed by atoms with Gasteiger partial charge in [0.1, 0.15) is 6.29 Å². The average molecular weight is 305 g/mol. The molecule has 1 rings (SSSR count). The molecular weight excluding hydrogens is 268 g/mol. The van der Waals surface area contributed by atoms with Crippen LogP contribution in [-0.2, 0) is 4.79 Å². The maximum absolute atomic E-state index is 11.1. The second kappa shape index (κ2) is 9.33. The van der Waals surface area contributed by atoms with E-state index in [1.165, 1.54) is 19.3 Å². The molecule has 22 heavy (non-hydrogen) atoms. The summed E-state index contributed by atoms with van der Waals surface area (Å²) >= 11 is 0. The third-order valence-electron chi connectivity index (χ3n) is 5.53. The predicted molar refractivity (Wildman–Crippen MR) is 96.8 cm³/mol. The third-order valence-corrected chi connectivity index (χ3v) is 5.53. The van der Waals surface area contributed by atoms with Crippen LogP contribution < -0.4 is 0 Å². The second-order valence-corrected chi connectivity index (χ2v) is 8.05. The first-order valence-electron chi connectivity index (χ1n) is 9.15. The Morgan fingerprint density at radius 2 is 2.05 bits per heavy atom. The second-order valence-electron chi connectivity index (χ2n) is 8.05. The van der Waals surface area contributed by atoms with E-state index in [0.29, 0.717) is 12.3 Å². The summed E-state index contributed by atoms with van der Waals surface area (Å²) < 4.78 is 0. The molecule has 1 saturated carbocycles. The zero-order valence-corrected chi connectivity index (χ0v) is 15.2. The molecular formula is C21H36O. The molecule has 0 saturated heterocycles. The topological polar surface area (TPSA) is 17.1 Å². The van der Waals surface area contributed by atoms with Gasteiger partial charge in [-0.1, -0.05) is 52.3 Å². The molecule has 1 aliphatic rings. The van der Waals surface area contributed by atoms with E-state index in [1.807, 2.05) is 6.08 Å². The molecule has 1 fully saturated rings. The van der Waals surface area contributed by atoms with E-state index in [2.05, 4.69) is 46.4 Å². The van der Waals surface area contributed by atoms with Crippen molar-refractivity contribution in [1.82, 2.24) is 0 Å². The number of rotatable bonds is 9. The summed E-state index contributed by atoms with van der Waals surface area (Å²) in [6.45, 7) is 13.1. The van der Waals surface area contributed by atoms with Gasteiger partial charge < -0.3 is 4.79 Å². The Balaban J connectivity index is 2.77. The van der Waals surface area contributed by atoms with Crippen LogP contribution in [0.3, 0.4) is 0 Å². The summed E-state index contributed by atoms with van der Waals surface area (Å²) in [5, 5.41) is 0. The number of carbonyl (C=O) groups excluding carboxylic acids is 1. The Morgan fingerprint density at radius 1 is 1.32 bits per heavy atom. The van der Waals surface area contributed by atoms with Crippen molar-refractivity contribution in [2.75, 3.05) is 0 Å². The van der Waals surface area contributed by atoms with Gasteiger partial charge in [-0.15, -0.1) is 6.58 Å². The lowest BCUT2D eigenvalue weighted by molar-refractivity contribution is -0.109. The fourth-order valence-corrected chi connectivity index (χ4v) is 3.95. The minimum absolute atomic E-state index is 0.0208. The predicted octanol–water partition coefficient (Wildman–Crippen LogP) is 6.20. The number of carbonyl (C=O) groups is 1. The van der Waals surface area contributed by atoms with Crippen molar-refractivity contribution in [3.8, 4) is 0 Å². The lowest BCUT2D eigenvalue weighted by Crippen LogP contribution is -2.27. The Hall–Kier alpha value is -0.850. The van der Waals surface area contributed by atoms with Gasteiger partial charge in [0.15, 0.2) is 0 Å². The summed E-state index contributed by atoms with van der Waals surface area (Å²) in [5.74, 6) is 3.08. The Kier molecular flexibility index (Phi) is 8.14. The third kappa shape index (κ3) is 6.10. The number of unbranched alkanes of at least 4 members (excludes halogenated alkanes) is 1. The van der Waals surface area contributed by atoms with E-state index in [9.17, 15) is 4.79 Å². The van der Waals surface area contributed by atoms with E-state index in [1.54, 1.807) is 0 Å². The lowest BCUT2D eigenvalue weighted by Gasteiger charge is -2.36. The first-order chi connectivity index (χ1) is 10.4. The highest BCUT2D eigenvalue weighted by molar-refractivity contribution is 5.51. The van der Waals surface area contributed by atoms with Gasteiger partial charge in [0.05, 0.1) is 0 Å². The summed E-state index contributed by atoms with van der Waals surface area (Å²) in [6, 6.07) is 0. The molecule has 1 heteroatoms. The van der Waals surface area contributed by atoms with Gasteiger partial charge in [-0.2, -0.15) is 0 Å². The monoisotopic (exact) mass is 304 g/mol. The first kappa shape index (κ1) is 19.2. The van der Waals surface area contributed by atoms with Crippen molar-refractivity contribution in [1.29, 1.82) is 0 Å². The molecule has 0 aromatic heterocycles. The minimum atomic E-state index is 0.0208. The van der Waals surface area contributed by atoms with E-state index < -0.39 is 0 Å².